The van der Waals surface area contributed by atoms with Crippen LogP contribution in [-0.4, -0.2) is 17.2 Å². The van der Waals surface area contributed by atoms with Crippen LogP contribution >= 0.6 is 15.9 Å². The van der Waals surface area contributed by atoms with Gasteiger partial charge in [-0.2, -0.15) is 0 Å². The number of ether oxygens (including phenoxy) is 1. The van der Waals surface area contributed by atoms with Gasteiger partial charge in [-0.3, -0.25) is 0 Å². The molecular weight excluding hydrogens is 260 g/mol. The standard InChI is InChI=1S/C11H11BrO3/c12-6-8-2-1-7(11(13)14)5-10(8)15-9-3-4-9/h1-2,5,9H,3-4,6H2,(H,13,14). The molecule has 2 rings (SSSR count). The minimum absolute atomic E-state index is 0.273. The molecule has 1 N–H and O–H groups in total. The second kappa shape index (κ2) is 4.23. The van der Waals surface area contributed by atoms with Crippen molar-refractivity contribution in [3.63, 3.8) is 0 Å². The molecular formula is C11H11BrO3. The Morgan fingerprint density at radius 3 is 2.80 bits per heavy atom. The van der Waals surface area contributed by atoms with E-state index in [4.69, 9.17) is 9.84 Å². The maximum absolute atomic E-state index is 10.8. The average molecular weight is 271 g/mol. The molecule has 15 heavy (non-hydrogen) atoms. The molecule has 0 heterocycles. The van der Waals surface area contributed by atoms with Crippen molar-refractivity contribution in [1.82, 2.24) is 0 Å². The summed E-state index contributed by atoms with van der Waals surface area (Å²) in [5.41, 5.74) is 1.27. The summed E-state index contributed by atoms with van der Waals surface area (Å²) in [6.45, 7) is 0. The van der Waals surface area contributed by atoms with E-state index in [0.717, 1.165) is 18.4 Å². The number of carboxylic acids is 1. The number of hydrogen-bond acceptors (Lipinski definition) is 2. The van der Waals surface area contributed by atoms with Crippen LogP contribution in [0.5, 0.6) is 5.75 Å². The molecule has 80 valence electrons. The number of benzene rings is 1. The van der Waals surface area contributed by atoms with E-state index in [1.54, 1.807) is 18.2 Å². The van der Waals surface area contributed by atoms with Crippen molar-refractivity contribution in [2.75, 3.05) is 0 Å². The highest BCUT2D eigenvalue weighted by molar-refractivity contribution is 9.08. The molecule has 0 aromatic heterocycles. The van der Waals surface area contributed by atoms with Crippen molar-refractivity contribution < 1.29 is 14.6 Å². The number of rotatable bonds is 4. The highest BCUT2D eigenvalue weighted by atomic mass is 79.9. The van der Waals surface area contributed by atoms with Crippen LogP contribution in [0.3, 0.4) is 0 Å². The zero-order chi connectivity index (χ0) is 10.8. The fraction of sp³-hybridized carbons (Fsp3) is 0.364. The summed E-state index contributed by atoms with van der Waals surface area (Å²) in [6.07, 6.45) is 2.42. The number of alkyl halides is 1. The van der Waals surface area contributed by atoms with Gasteiger partial charge in [0, 0.05) is 10.9 Å². The number of hydrogen-bond donors (Lipinski definition) is 1. The van der Waals surface area contributed by atoms with Gasteiger partial charge >= 0.3 is 5.97 Å². The first-order chi connectivity index (χ1) is 7.20. The van der Waals surface area contributed by atoms with Crippen LogP contribution in [0, 0.1) is 0 Å². The first kappa shape index (κ1) is 10.5. The highest BCUT2D eigenvalue weighted by Crippen LogP contribution is 2.30. The molecule has 1 aromatic carbocycles. The first-order valence-electron chi connectivity index (χ1n) is 4.79. The second-order valence-electron chi connectivity index (χ2n) is 3.58. The van der Waals surface area contributed by atoms with Crippen molar-refractivity contribution in [3.8, 4) is 5.75 Å². The smallest absolute Gasteiger partial charge is 0.335 e. The Bertz CT molecular complexity index is 385. The molecule has 0 spiro atoms. The van der Waals surface area contributed by atoms with Crippen LogP contribution in [0.25, 0.3) is 0 Å². The third-order valence-corrected chi connectivity index (χ3v) is 2.88. The summed E-state index contributed by atoms with van der Waals surface area (Å²) >= 11 is 3.35. The summed E-state index contributed by atoms with van der Waals surface area (Å²) in [5.74, 6) is -0.231. The minimum atomic E-state index is -0.920. The Balaban J connectivity index is 2.28. The lowest BCUT2D eigenvalue weighted by Gasteiger charge is -2.09. The van der Waals surface area contributed by atoms with Gasteiger partial charge in [-0.05, 0) is 25.0 Å². The molecule has 1 aliphatic rings. The van der Waals surface area contributed by atoms with Gasteiger partial charge in [0.05, 0.1) is 11.7 Å². The Hall–Kier alpha value is -1.03. The molecule has 0 unspecified atom stereocenters. The van der Waals surface area contributed by atoms with Crippen LogP contribution in [0.2, 0.25) is 0 Å². The van der Waals surface area contributed by atoms with Crippen molar-refractivity contribution >= 4 is 21.9 Å². The molecule has 4 heteroatoms. The first-order valence-corrected chi connectivity index (χ1v) is 5.91. The highest BCUT2D eigenvalue weighted by Gasteiger charge is 2.24. The van der Waals surface area contributed by atoms with Crippen LogP contribution in [0.15, 0.2) is 18.2 Å². The van der Waals surface area contributed by atoms with Gasteiger partial charge in [0.25, 0.3) is 0 Å². The third kappa shape index (κ3) is 2.50. The van der Waals surface area contributed by atoms with E-state index >= 15 is 0 Å². The quantitative estimate of drug-likeness (QED) is 0.856. The number of carbonyl (C=O) groups is 1. The monoisotopic (exact) mass is 270 g/mol. The van der Waals surface area contributed by atoms with Gasteiger partial charge in [0.1, 0.15) is 5.75 Å². The Morgan fingerprint density at radius 1 is 1.53 bits per heavy atom. The van der Waals surface area contributed by atoms with E-state index < -0.39 is 5.97 Å². The minimum Gasteiger partial charge on any atom is -0.490 e. The van der Waals surface area contributed by atoms with Crippen molar-refractivity contribution in [2.45, 2.75) is 24.3 Å². The Labute approximate surface area is 96.2 Å². The van der Waals surface area contributed by atoms with E-state index in [2.05, 4.69) is 15.9 Å². The number of halogens is 1. The summed E-state index contributed by atoms with van der Waals surface area (Å²) < 4.78 is 5.64. The predicted molar refractivity (Wildman–Crippen MR) is 59.7 cm³/mol. The van der Waals surface area contributed by atoms with Crippen LogP contribution < -0.4 is 4.74 Å². The summed E-state index contributed by atoms with van der Waals surface area (Å²) in [4.78, 5) is 10.8. The molecule has 0 aliphatic heterocycles. The summed E-state index contributed by atoms with van der Waals surface area (Å²) in [5, 5.41) is 9.53. The third-order valence-electron chi connectivity index (χ3n) is 2.28. The van der Waals surface area contributed by atoms with E-state index in [9.17, 15) is 4.79 Å². The van der Waals surface area contributed by atoms with Gasteiger partial charge in [-0.15, -0.1) is 0 Å². The Kier molecular flexibility index (Phi) is 2.95. The second-order valence-corrected chi connectivity index (χ2v) is 4.14. The molecule has 0 atom stereocenters. The fourth-order valence-corrected chi connectivity index (χ4v) is 1.74. The van der Waals surface area contributed by atoms with Gasteiger partial charge in [-0.1, -0.05) is 22.0 Å². The van der Waals surface area contributed by atoms with Crippen LogP contribution in [0.4, 0.5) is 0 Å². The molecule has 0 amide bonds. The Morgan fingerprint density at radius 2 is 2.27 bits per heavy atom. The van der Waals surface area contributed by atoms with Gasteiger partial charge in [0.2, 0.25) is 0 Å². The molecule has 1 aromatic rings. The number of aromatic carboxylic acids is 1. The van der Waals surface area contributed by atoms with E-state index in [-0.39, 0.29) is 11.7 Å². The molecule has 0 radical (unpaired) electrons. The van der Waals surface area contributed by atoms with Gasteiger partial charge < -0.3 is 9.84 Å². The molecule has 0 saturated heterocycles. The topological polar surface area (TPSA) is 46.5 Å². The molecule has 0 bridgehead atoms. The predicted octanol–water partition coefficient (Wildman–Crippen LogP) is 2.82. The SMILES string of the molecule is O=C(O)c1ccc(CBr)c(OC2CC2)c1. The van der Waals surface area contributed by atoms with Gasteiger partial charge in [0.15, 0.2) is 0 Å². The summed E-state index contributed by atoms with van der Waals surface area (Å²) in [6, 6.07) is 4.98. The zero-order valence-electron chi connectivity index (χ0n) is 8.07. The molecule has 1 aliphatic carbocycles. The lowest BCUT2D eigenvalue weighted by atomic mass is 10.1. The zero-order valence-corrected chi connectivity index (χ0v) is 9.66. The largest absolute Gasteiger partial charge is 0.490 e. The lowest BCUT2D eigenvalue weighted by Crippen LogP contribution is -2.02. The molecule has 1 saturated carbocycles. The van der Waals surface area contributed by atoms with Gasteiger partial charge in [-0.25, -0.2) is 4.79 Å². The van der Waals surface area contributed by atoms with E-state index in [1.807, 2.05) is 0 Å². The van der Waals surface area contributed by atoms with Crippen LogP contribution in [-0.2, 0) is 5.33 Å². The lowest BCUT2D eigenvalue weighted by molar-refractivity contribution is 0.0696. The molecule has 3 nitrogen and oxygen atoms in total. The van der Waals surface area contributed by atoms with Crippen LogP contribution in [0.1, 0.15) is 28.8 Å². The van der Waals surface area contributed by atoms with Crippen molar-refractivity contribution in [3.05, 3.63) is 29.3 Å². The maximum atomic E-state index is 10.8. The van der Waals surface area contributed by atoms with E-state index in [1.165, 1.54) is 0 Å². The summed E-state index contributed by atoms with van der Waals surface area (Å²) in [7, 11) is 0. The van der Waals surface area contributed by atoms with Crippen molar-refractivity contribution in [2.24, 2.45) is 0 Å². The maximum Gasteiger partial charge on any atom is 0.335 e. The number of carboxylic acid groups (broad SMARTS) is 1. The normalized spacial score (nSPS) is 15.0. The average Bonchev–Trinajstić information content (AvgIpc) is 3.01. The van der Waals surface area contributed by atoms with Crippen molar-refractivity contribution in [1.29, 1.82) is 0 Å². The van der Waals surface area contributed by atoms with E-state index in [0.29, 0.717) is 11.1 Å². The fourth-order valence-electron chi connectivity index (χ4n) is 1.27. The molecule has 1 fully saturated rings.